The van der Waals surface area contributed by atoms with Crippen molar-refractivity contribution in [1.82, 2.24) is 4.98 Å². The summed E-state index contributed by atoms with van der Waals surface area (Å²) in [5.41, 5.74) is 2.56. The predicted molar refractivity (Wildman–Crippen MR) is 42.7 cm³/mol. The highest BCUT2D eigenvalue weighted by Crippen LogP contribution is 2.08. The number of aryl methyl sites for hydroxylation is 1. The van der Waals surface area contributed by atoms with Crippen molar-refractivity contribution in [2.45, 2.75) is 20.3 Å². The Morgan fingerprint density at radius 1 is 1.60 bits per heavy atom. The van der Waals surface area contributed by atoms with Crippen LogP contribution in [0.3, 0.4) is 0 Å². The van der Waals surface area contributed by atoms with Gasteiger partial charge in [-0.1, -0.05) is 6.92 Å². The van der Waals surface area contributed by atoms with Crippen LogP contribution < -0.4 is 0 Å². The predicted octanol–water partition coefficient (Wildman–Crippen LogP) is 2.35. The number of nitrogens with zero attached hydrogens (tertiary/aromatic N) is 1. The van der Waals surface area contributed by atoms with Crippen molar-refractivity contribution in [3.05, 3.63) is 36.0 Å². The van der Waals surface area contributed by atoms with Crippen LogP contribution in [0.4, 0.5) is 0 Å². The summed E-state index contributed by atoms with van der Waals surface area (Å²) in [5.74, 6) is 0. The summed E-state index contributed by atoms with van der Waals surface area (Å²) in [6.45, 7) is 4.23. The van der Waals surface area contributed by atoms with E-state index in [1.165, 1.54) is 11.1 Å². The van der Waals surface area contributed by atoms with Crippen LogP contribution in [0.5, 0.6) is 0 Å². The first-order valence-corrected chi connectivity index (χ1v) is 3.58. The normalized spacial score (nSPS) is 9.80. The first-order chi connectivity index (χ1) is 4.84. The third kappa shape index (κ3) is 1.56. The average Bonchev–Trinajstić information content (AvgIpc) is 1.94. The van der Waals surface area contributed by atoms with Gasteiger partial charge in [0.1, 0.15) is 0 Å². The summed E-state index contributed by atoms with van der Waals surface area (Å²) in [7, 11) is 0. The van der Waals surface area contributed by atoms with E-state index in [4.69, 9.17) is 0 Å². The van der Waals surface area contributed by atoms with Gasteiger partial charge in [0.2, 0.25) is 0 Å². The minimum Gasteiger partial charge on any atom is -0.264 e. The molecule has 0 aliphatic rings. The highest BCUT2D eigenvalue weighted by molar-refractivity contribution is 5.27. The molecule has 0 aliphatic heterocycles. The molecule has 1 nitrogen and oxygen atoms in total. The van der Waals surface area contributed by atoms with E-state index < -0.39 is 0 Å². The molecule has 1 heteroatoms. The lowest BCUT2D eigenvalue weighted by Crippen LogP contribution is -1.86. The highest BCUT2D eigenvalue weighted by atomic mass is 14.6. The van der Waals surface area contributed by atoms with Crippen LogP contribution in [0.2, 0.25) is 0 Å². The maximum atomic E-state index is 4.03. The lowest BCUT2D eigenvalue weighted by Gasteiger charge is -1.99. The van der Waals surface area contributed by atoms with Gasteiger partial charge >= 0.3 is 0 Å². The molecule has 1 aromatic rings. The fourth-order valence-corrected chi connectivity index (χ4v) is 0.910. The van der Waals surface area contributed by atoms with Crippen molar-refractivity contribution in [2.24, 2.45) is 0 Å². The van der Waals surface area contributed by atoms with Crippen LogP contribution in [-0.2, 0) is 0 Å². The van der Waals surface area contributed by atoms with E-state index in [0.29, 0.717) is 0 Å². The van der Waals surface area contributed by atoms with E-state index in [-0.39, 0.29) is 0 Å². The van der Waals surface area contributed by atoms with Crippen LogP contribution in [0.15, 0.2) is 18.5 Å². The van der Waals surface area contributed by atoms with Crippen LogP contribution in [0, 0.1) is 13.3 Å². The van der Waals surface area contributed by atoms with Gasteiger partial charge in [-0.15, -0.1) is 0 Å². The monoisotopic (exact) mass is 134 g/mol. The second kappa shape index (κ2) is 3.35. The second-order valence-corrected chi connectivity index (χ2v) is 2.34. The lowest BCUT2D eigenvalue weighted by molar-refractivity contribution is 1.09. The fraction of sp³-hybridized carbons (Fsp3) is 0.333. The summed E-state index contributed by atoms with van der Waals surface area (Å²) in [4.78, 5) is 4.03. The molecule has 1 rings (SSSR count). The van der Waals surface area contributed by atoms with Gasteiger partial charge < -0.3 is 0 Å². The molecule has 10 heavy (non-hydrogen) atoms. The van der Waals surface area contributed by atoms with E-state index in [1.807, 2.05) is 18.5 Å². The van der Waals surface area contributed by atoms with Gasteiger partial charge in [-0.25, -0.2) is 0 Å². The SMILES string of the molecule is CC[CH]c1cnccc1C. The van der Waals surface area contributed by atoms with Crippen molar-refractivity contribution in [3.8, 4) is 0 Å². The molecule has 0 bridgehead atoms. The van der Waals surface area contributed by atoms with Crippen LogP contribution >= 0.6 is 0 Å². The van der Waals surface area contributed by atoms with Gasteiger partial charge in [-0.2, -0.15) is 0 Å². The van der Waals surface area contributed by atoms with Crippen molar-refractivity contribution >= 4 is 0 Å². The summed E-state index contributed by atoms with van der Waals surface area (Å²) in [6, 6.07) is 2.03. The van der Waals surface area contributed by atoms with E-state index in [9.17, 15) is 0 Å². The smallest absolute Gasteiger partial charge is 0.0305 e. The van der Waals surface area contributed by atoms with Gasteiger partial charge in [-0.05, 0) is 37.0 Å². The Hall–Kier alpha value is -0.850. The molecule has 0 saturated carbocycles. The Morgan fingerprint density at radius 2 is 2.40 bits per heavy atom. The average molecular weight is 134 g/mol. The Labute approximate surface area is 62.1 Å². The molecule has 0 aliphatic carbocycles. The molecule has 0 N–H and O–H groups in total. The minimum atomic E-state index is 1.08. The molecule has 1 heterocycles. The second-order valence-electron chi connectivity index (χ2n) is 2.34. The minimum absolute atomic E-state index is 1.08. The highest BCUT2D eigenvalue weighted by Gasteiger charge is 1.93. The first kappa shape index (κ1) is 7.26. The topological polar surface area (TPSA) is 12.9 Å². The fourth-order valence-electron chi connectivity index (χ4n) is 0.910. The Kier molecular flexibility index (Phi) is 2.43. The van der Waals surface area contributed by atoms with Crippen LogP contribution in [0.1, 0.15) is 24.5 Å². The molecule has 0 saturated heterocycles. The molecule has 0 amide bonds. The molecule has 0 spiro atoms. The zero-order valence-corrected chi connectivity index (χ0v) is 6.46. The summed E-state index contributed by atoms with van der Waals surface area (Å²) < 4.78 is 0. The number of hydrogen-bond donors (Lipinski definition) is 0. The maximum Gasteiger partial charge on any atom is 0.0305 e. The Morgan fingerprint density at radius 3 is 3.00 bits per heavy atom. The first-order valence-electron chi connectivity index (χ1n) is 3.58. The largest absolute Gasteiger partial charge is 0.264 e. The van der Waals surface area contributed by atoms with Crippen molar-refractivity contribution in [1.29, 1.82) is 0 Å². The Bertz CT molecular complexity index is 206. The number of pyridine rings is 1. The quantitative estimate of drug-likeness (QED) is 0.605. The number of rotatable bonds is 2. The zero-order chi connectivity index (χ0) is 7.40. The van der Waals surface area contributed by atoms with E-state index in [1.54, 1.807) is 0 Å². The van der Waals surface area contributed by atoms with E-state index >= 15 is 0 Å². The Balaban J connectivity index is 2.81. The standard InChI is InChI=1S/C9H12N/c1-3-4-9-7-10-6-5-8(9)2/h4-7H,3H2,1-2H3. The van der Waals surface area contributed by atoms with Crippen LogP contribution in [0.25, 0.3) is 0 Å². The van der Waals surface area contributed by atoms with Crippen molar-refractivity contribution < 1.29 is 0 Å². The molecule has 0 unspecified atom stereocenters. The summed E-state index contributed by atoms with van der Waals surface area (Å²) in [5, 5.41) is 0. The maximum absolute atomic E-state index is 4.03. The molecule has 0 atom stereocenters. The molecular formula is C9H12N. The summed E-state index contributed by atoms with van der Waals surface area (Å²) >= 11 is 0. The zero-order valence-electron chi connectivity index (χ0n) is 6.46. The number of aromatic nitrogens is 1. The van der Waals surface area contributed by atoms with Gasteiger partial charge in [0.15, 0.2) is 0 Å². The molecule has 53 valence electrons. The lowest BCUT2D eigenvalue weighted by atomic mass is 10.1. The molecule has 0 aromatic carbocycles. The van der Waals surface area contributed by atoms with Crippen molar-refractivity contribution in [3.63, 3.8) is 0 Å². The van der Waals surface area contributed by atoms with Gasteiger partial charge in [0.05, 0.1) is 0 Å². The van der Waals surface area contributed by atoms with Crippen molar-refractivity contribution in [2.75, 3.05) is 0 Å². The van der Waals surface area contributed by atoms with Crippen LogP contribution in [-0.4, -0.2) is 4.98 Å². The summed E-state index contributed by atoms with van der Waals surface area (Å²) in [6.07, 6.45) is 6.98. The number of hydrogen-bond acceptors (Lipinski definition) is 1. The van der Waals surface area contributed by atoms with Gasteiger partial charge in [0, 0.05) is 12.4 Å². The van der Waals surface area contributed by atoms with Gasteiger partial charge in [0.25, 0.3) is 0 Å². The molecule has 1 radical (unpaired) electrons. The van der Waals surface area contributed by atoms with E-state index in [0.717, 1.165) is 6.42 Å². The van der Waals surface area contributed by atoms with Gasteiger partial charge in [-0.3, -0.25) is 4.98 Å². The molecule has 0 fully saturated rings. The third-order valence-corrected chi connectivity index (χ3v) is 1.50. The van der Waals surface area contributed by atoms with E-state index in [2.05, 4.69) is 25.3 Å². The third-order valence-electron chi connectivity index (χ3n) is 1.50. The molecular weight excluding hydrogens is 122 g/mol. The molecule has 1 aromatic heterocycles.